The van der Waals surface area contributed by atoms with Crippen LogP contribution in [0.4, 0.5) is 5.69 Å². The predicted octanol–water partition coefficient (Wildman–Crippen LogP) is 1.01. The number of rotatable bonds is 2. The monoisotopic (exact) mass is 225 g/mol. The maximum Gasteiger partial charge on any atom is 0.229 e. The van der Waals surface area contributed by atoms with E-state index in [1.807, 2.05) is 11.3 Å². The molecule has 0 aromatic carbocycles. The van der Waals surface area contributed by atoms with Gasteiger partial charge < -0.3 is 4.40 Å². The average Bonchev–Trinajstić information content (AvgIpc) is 2.56. The number of pyridine rings is 1. The molecule has 2 heterocycles. The van der Waals surface area contributed by atoms with E-state index in [4.69, 9.17) is 0 Å². The Labute approximate surface area is 87.8 Å². The zero-order valence-corrected chi connectivity index (χ0v) is 9.25. The summed E-state index contributed by atoms with van der Waals surface area (Å²) < 4.78 is 26.5. The molecule has 5 nitrogen and oxygen atoms in total. The molecule has 2 aromatic rings. The minimum atomic E-state index is -3.24. The summed E-state index contributed by atoms with van der Waals surface area (Å²) in [4.78, 5) is 4.10. The fourth-order valence-electron chi connectivity index (χ4n) is 1.44. The van der Waals surface area contributed by atoms with E-state index in [9.17, 15) is 8.42 Å². The van der Waals surface area contributed by atoms with Gasteiger partial charge >= 0.3 is 0 Å². The van der Waals surface area contributed by atoms with Crippen molar-refractivity contribution in [3.05, 3.63) is 30.2 Å². The van der Waals surface area contributed by atoms with Gasteiger partial charge in [-0.25, -0.2) is 13.4 Å². The molecule has 0 fully saturated rings. The molecule has 2 aromatic heterocycles. The molecular weight excluding hydrogens is 214 g/mol. The first-order valence-electron chi connectivity index (χ1n) is 4.38. The van der Waals surface area contributed by atoms with Crippen molar-refractivity contribution >= 4 is 21.4 Å². The van der Waals surface area contributed by atoms with Crippen molar-refractivity contribution in [2.24, 2.45) is 0 Å². The van der Waals surface area contributed by atoms with Gasteiger partial charge in [-0.05, 0) is 19.1 Å². The van der Waals surface area contributed by atoms with Gasteiger partial charge in [0.1, 0.15) is 5.65 Å². The second-order valence-corrected chi connectivity index (χ2v) is 5.11. The van der Waals surface area contributed by atoms with Crippen LogP contribution >= 0.6 is 0 Å². The molecule has 0 aliphatic rings. The third kappa shape index (κ3) is 1.94. The molecule has 0 amide bonds. The lowest BCUT2D eigenvalue weighted by Gasteiger charge is -2.08. The molecule has 2 rings (SSSR count). The molecule has 0 unspecified atom stereocenters. The zero-order valence-electron chi connectivity index (χ0n) is 8.43. The van der Waals surface area contributed by atoms with Crippen LogP contribution in [-0.4, -0.2) is 24.1 Å². The Balaban J connectivity index is 2.58. The predicted molar refractivity (Wildman–Crippen MR) is 58.4 cm³/mol. The topological polar surface area (TPSA) is 63.5 Å². The molecule has 1 N–H and O–H groups in total. The normalized spacial score (nSPS) is 11.9. The summed E-state index contributed by atoms with van der Waals surface area (Å²) in [5.41, 5.74) is 2.19. The molecule has 0 spiro atoms. The summed E-state index contributed by atoms with van der Waals surface area (Å²) in [5.74, 6) is 0. The summed E-state index contributed by atoms with van der Waals surface area (Å²) in [6.07, 6.45) is 4.59. The van der Waals surface area contributed by atoms with Crippen molar-refractivity contribution in [3.8, 4) is 0 Å². The van der Waals surface area contributed by atoms with Gasteiger partial charge in [0.25, 0.3) is 0 Å². The molecule has 0 bridgehead atoms. The molecule has 0 atom stereocenters. The van der Waals surface area contributed by atoms with Crippen molar-refractivity contribution in [1.82, 2.24) is 9.38 Å². The smallest absolute Gasteiger partial charge is 0.229 e. The van der Waals surface area contributed by atoms with E-state index in [2.05, 4.69) is 9.71 Å². The van der Waals surface area contributed by atoms with E-state index in [0.717, 1.165) is 17.6 Å². The lowest BCUT2D eigenvalue weighted by molar-refractivity contribution is 0.606. The zero-order chi connectivity index (χ0) is 11.1. The van der Waals surface area contributed by atoms with Crippen molar-refractivity contribution in [2.45, 2.75) is 6.92 Å². The maximum absolute atomic E-state index is 11.1. The van der Waals surface area contributed by atoms with Crippen LogP contribution in [0.2, 0.25) is 0 Å². The van der Waals surface area contributed by atoms with Crippen LogP contribution in [0.15, 0.2) is 24.5 Å². The summed E-state index contributed by atoms with van der Waals surface area (Å²) in [5, 5.41) is 0. The maximum atomic E-state index is 11.1. The minimum Gasteiger partial charge on any atom is -0.302 e. The van der Waals surface area contributed by atoms with Crippen LogP contribution in [0, 0.1) is 6.92 Å². The molecule has 80 valence electrons. The molecule has 15 heavy (non-hydrogen) atoms. The highest BCUT2D eigenvalue weighted by atomic mass is 32.2. The van der Waals surface area contributed by atoms with Crippen LogP contribution in [0.25, 0.3) is 5.65 Å². The summed E-state index contributed by atoms with van der Waals surface area (Å²) in [6, 6.07) is 3.47. The molecule has 0 radical (unpaired) electrons. The van der Waals surface area contributed by atoms with Gasteiger partial charge in [-0.2, -0.15) is 0 Å². The average molecular weight is 225 g/mol. The highest BCUT2D eigenvalue weighted by Crippen LogP contribution is 2.17. The Morgan fingerprint density at radius 3 is 2.80 bits per heavy atom. The first-order chi connectivity index (χ1) is 6.97. The van der Waals surface area contributed by atoms with Gasteiger partial charge in [-0.1, -0.05) is 0 Å². The van der Waals surface area contributed by atoms with Crippen LogP contribution in [0.5, 0.6) is 0 Å². The number of fused-ring (bicyclic) bond motifs is 1. The highest BCUT2D eigenvalue weighted by Gasteiger charge is 2.07. The quantitative estimate of drug-likeness (QED) is 0.829. The second kappa shape index (κ2) is 3.23. The largest absolute Gasteiger partial charge is 0.302 e. The van der Waals surface area contributed by atoms with Crippen LogP contribution < -0.4 is 4.72 Å². The van der Waals surface area contributed by atoms with Gasteiger partial charge in [0.2, 0.25) is 10.0 Å². The Kier molecular flexibility index (Phi) is 2.15. The van der Waals surface area contributed by atoms with Crippen LogP contribution in [0.3, 0.4) is 0 Å². The molecule has 0 aliphatic heterocycles. The van der Waals surface area contributed by atoms with E-state index >= 15 is 0 Å². The van der Waals surface area contributed by atoms with Gasteiger partial charge in [0.05, 0.1) is 11.9 Å². The number of nitrogens with zero attached hydrogens (tertiary/aromatic N) is 2. The second-order valence-electron chi connectivity index (χ2n) is 3.36. The Bertz CT molecular complexity index is 601. The number of aryl methyl sites for hydroxylation is 1. The number of aromatic nitrogens is 2. The lowest BCUT2D eigenvalue weighted by Crippen LogP contribution is -2.11. The number of sulfonamides is 1. The number of hydrogen-bond donors (Lipinski definition) is 1. The van der Waals surface area contributed by atoms with Crippen molar-refractivity contribution < 1.29 is 8.42 Å². The van der Waals surface area contributed by atoms with E-state index < -0.39 is 10.0 Å². The van der Waals surface area contributed by atoms with Crippen LogP contribution in [0.1, 0.15) is 5.69 Å². The highest BCUT2D eigenvalue weighted by molar-refractivity contribution is 7.92. The van der Waals surface area contributed by atoms with E-state index in [0.29, 0.717) is 5.69 Å². The summed E-state index contributed by atoms with van der Waals surface area (Å²) >= 11 is 0. The fraction of sp³-hybridized carbons (Fsp3) is 0.222. The molecule has 6 heteroatoms. The molecule has 0 aliphatic carbocycles. The first kappa shape index (κ1) is 9.97. The van der Waals surface area contributed by atoms with E-state index in [1.165, 1.54) is 0 Å². The minimum absolute atomic E-state index is 0.572. The van der Waals surface area contributed by atoms with E-state index in [-0.39, 0.29) is 0 Å². The first-order valence-corrected chi connectivity index (χ1v) is 6.27. The van der Waals surface area contributed by atoms with Crippen molar-refractivity contribution in [1.29, 1.82) is 0 Å². The fourth-order valence-corrected chi connectivity index (χ4v) is 2.05. The molecular formula is C9H11N3O2S. The number of anilines is 1. The third-order valence-electron chi connectivity index (χ3n) is 2.11. The third-order valence-corrected chi connectivity index (χ3v) is 2.71. The number of nitrogens with one attached hydrogen (secondary N) is 1. The summed E-state index contributed by atoms with van der Waals surface area (Å²) in [6.45, 7) is 1.84. The SMILES string of the molecule is Cc1c(NS(C)(=O)=O)ccc2nccn12. The van der Waals surface area contributed by atoms with Gasteiger partial charge in [-0.15, -0.1) is 0 Å². The molecule has 0 saturated heterocycles. The van der Waals surface area contributed by atoms with E-state index in [1.54, 1.807) is 24.5 Å². The van der Waals surface area contributed by atoms with Crippen LogP contribution in [-0.2, 0) is 10.0 Å². The number of imidazole rings is 1. The van der Waals surface area contributed by atoms with Crippen molar-refractivity contribution in [3.63, 3.8) is 0 Å². The molecule has 0 saturated carbocycles. The summed E-state index contributed by atoms with van der Waals surface area (Å²) in [7, 11) is -3.24. The lowest BCUT2D eigenvalue weighted by atomic mass is 10.3. The Morgan fingerprint density at radius 2 is 2.13 bits per heavy atom. The van der Waals surface area contributed by atoms with Crippen molar-refractivity contribution in [2.75, 3.05) is 11.0 Å². The number of hydrogen-bond acceptors (Lipinski definition) is 3. The Hall–Kier alpha value is -1.56. The van der Waals surface area contributed by atoms with Gasteiger partial charge in [0, 0.05) is 18.1 Å². The standard InChI is InChI=1S/C9H11N3O2S/c1-7-8(11-15(2,13)14)3-4-9-10-5-6-12(7)9/h3-6,11H,1-2H3. The Morgan fingerprint density at radius 1 is 1.40 bits per heavy atom. The van der Waals surface area contributed by atoms with Gasteiger partial charge in [-0.3, -0.25) is 4.72 Å². The van der Waals surface area contributed by atoms with Gasteiger partial charge in [0.15, 0.2) is 0 Å².